The minimum atomic E-state index is -0.870. The third-order valence-electron chi connectivity index (χ3n) is 1.71. The molecule has 0 aliphatic heterocycles. The van der Waals surface area contributed by atoms with E-state index in [1.165, 1.54) is 6.20 Å². The van der Waals surface area contributed by atoms with Crippen LogP contribution in [0.25, 0.3) is 0 Å². The van der Waals surface area contributed by atoms with Gasteiger partial charge in [0, 0.05) is 6.20 Å². The highest BCUT2D eigenvalue weighted by Gasteiger charge is 2.26. The van der Waals surface area contributed by atoms with Crippen LogP contribution in [0.2, 0.25) is 0 Å². The van der Waals surface area contributed by atoms with E-state index in [4.69, 9.17) is 5.26 Å². The maximum absolute atomic E-state index is 13.5. The van der Waals surface area contributed by atoms with Gasteiger partial charge in [0.15, 0.2) is 5.82 Å². The van der Waals surface area contributed by atoms with Crippen LogP contribution in [0.1, 0.15) is 19.5 Å². The van der Waals surface area contributed by atoms with Gasteiger partial charge in [-0.1, -0.05) is 0 Å². The third-order valence-corrected chi connectivity index (χ3v) is 2.55. The van der Waals surface area contributed by atoms with Crippen LogP contribution in [-0.4, -0.2) is 4.98 Å². The van der Waals surface area contributed by atoms with Crippen molar-refractivity contribution in [1.82, 2.24) is 4.98 Å². The molecule has 1 aromatic rings. The highest BCUT2D eigenvalue weighted by Crippen LogP contribution is 2.24. The van der Waals surface area contributed by atoms with Crippen molar-refractivity contribution in [2.24, 2.45) is 0 Å². The molecule has 0 aliphatic carbocycles. The second kappa shape index (κ2) is 3.58. The molecule has 0 radical (unpaired) electrons. The fourth-order valence-corrected chi connectivity index (χ4v) is 1.33. The van der Waals surface area contributed by atoms with Gasteiger partial charge in [-0.2, -0.15) is 5.26 Å². The van der Waals surface area contributed by atoms with Crippen LogP contribution in [-0.2, 0) is 5.41 Å². The van der Waals surface area contributed by atoms with Crippen LogP contribution < -0.4 is 0 Å². The Morgan fingerprint density at radius 3 is 2.77 bits per heavy atom. The van der Waals surface area contributed by atoms with E-state index in [-0.39, 0.29) is 5.69 Å². The van der Waals surface area contributed by atoms with Crippen molar-refractivity contribution in [3.63, 3.8) is 0 Å². The first-order valence-electron chi connectivity index (χ1n) is 3.71. The summed E-state index contributed by atoms with van der Waals surface area (Å²) in [6, 6.07) is 3.60. The minimum Gasteiger partial charge on any atom is -0.256 e. The van der Waals surface area contributed by atoms with Gasteiger partial charge < -0.3 is 0 Å². The van der Waals surface area contributed by atoms with Crippen LogP contribution in [0.15, 0.2) is 12.3 Å². The molecule has 0 saturated heterocycles. The predicted octanol–water partition coefficient (Wildman–Crippen LogP) is 2.63. The lowest BCUT2D eigenvalue weighted by atomic mass is 9.90. The summed E-state index contributed by atoms with van der Waals surface area (Å²) in [6.07, 6.45) is 1.51. The molecule has 0 saturated carbocycles. The monoisotopic (exact) mass is 290 g/mol. The average Bonchev–Trinajstić information content (AvgIpc) is 2.09. The summed E-state index contributed by atoms with van der Waals surface area (Å²) < 4.78 is 14.0. The quantitative estimate of drug-likeness (QED) is 0.745. The van der Waals surface area contributed by atoms with Crippen molar-refractivity contribution < 1.29 is 4.39 Å². The van der Waals surface area contributed by atoms with E-state index in [9.17, 15) is 4.39 Å². The molecular weight excluding hydrogens is 282 g/mol. The summed E-state index contributed by atoms with van der Waals surface area (Å²) in [5.74, 6) is -0.394. The van der Waals surface area contributed by atoms with Gasteiger partial charge in [0.05, 0.1) is 20.7 Å². The second-order valence-electron chi connectivity index (χ2n) is 3.19. The number of hydrogen-bond donors (Lipinski definition) is 0. The highest BCUT2D eigenvalue weighted by molar-refractivity contribution is 14.1. The van der Waals surface area contributed by atoms with E-state index < -0.39 is 11.2 Å². The summed E-state index contributed by atoms with van der Waals surface area (Å²) in [6.45, 7) is 3.29. The van der Waals surface area contributed by atoms with Gasteiger partial charge >= 0.3 is 0 Å². The van der Waals surface area contributed by atoms with Gasteiger partial charge in [-0.25, -0.2) is 4.39 Å². The lowest BCUT2D eigenvalue weighted by Crippen LogP contribution is -2.18. The summed E-state index contributed by atoms with van der Waals surface area (Å²) in [5.41, 5.74) is -0.660. The second-order valence-corrected chi connectivity index (χ2v) is 4.35. The zero-order valence-electron chi connectivity index (χ0n) is 7.31. The number of nitrogens with zero attached hydrogens (tertiary/aromatic N) is 2. The number of nitriles is 1. The maximum atomic E-state index is 13.5. The van der Waals surface area contributed by atoms with Crippen molar-refractivity contribution in [3.8, 4) is 6.07 Å². The Bertz CT molecular complexity index is 368. The number of rotatable bonds is 1. The Hall–Kier alpha value is -0.700. The molecule has 1 heterocycles. The lowest BCUT2D eigenvalue weighted by molar-refractivity contribution is 0.540. The average molecular weight is 290 g/mol. The van der Waals surface area contributed by atoms with E-state index in [2.05, 4.69) is 4.98 Å². The Labute approximate surface area is 89.9 Å². The van der Waals surface area contributed by atoms with Crippen LogP contribution in [0, 0.1) is 20.7 Å². The standard InChI is InChI=1S/C9H8FIN2/c1-9(2,5-12)8-7(10)6(11)3-4-13-8/h3-4H,1-2H3. The summed E-state index contributed by atoms with van der Waals surface area (Å²) >= 11 is 1.88. The van der Waals surface area contributed by atoms with Crippen molar-refractivity contribution >= 4 is 22.6 Å². The smallest absolute Gasteiger partial charge is 0.159 e. The van der Waals surface area contributed by atoms with E-state index in [1.807, 2.05) is 28.7 Å². The number of aromatic nitrogens is 1. The van der Waals surface area contributed by atoms with Crippen LogP contribution in [0.5, 0.6) is 0 Å². The molecule has 0 unspecified atom stereocenters. The molecule has 0 bridgehead atoms. The summed E-state index contributed by atoms with van der Waals surface area (Å²) in [7, 11) is 0. The molecule has 0 fully saturated rings. The van der Waals surface area contributed by atoms with Gasteiger partial charge in [0.2, 0.25) is 0 Å². The molecule has 0 atom stereocenters. The molecule has 1 aromatic heterocycles. The maximum Gasteiger partial charge on any atom is 0.159 e. The van der Waals surface area contributed by atoms with Crippen molar-refractivity contribution in [3.05, 3.63) is 27.3 Å². The topological polar surface area (TPSA) is 36.7 Å². The zero-order chi connectivity index (χ0) is 10.1. The molecule has 0 spiro atoms. The molecule has 4 heteroatoms. The first kappa shape index (κ1) is 10.4. The first-order chi connectivity index (χ1) is 5.99. The molecule has 0 amide bonds. The minimum absolute atomic E-state index is 0.210. The number of hydrogen-bond acceptors (Lipinski definition) is 2. The van der Waals surface area contributed by atoms with Crippen LogP contribution >= 0.6 is 22.6 Å². The molecule has 13 heavy (non-hydrogen) atoms. The molecule has 1 rings (SSSR count). The molecule has 2 nitrogen and oxygen atoms in total. The van der Waals surface area contributed by atoms with E-state index in [0.29, 0.717) is 3.57 Å². The van der Waals surface area contributed by atoms with Gasteiger partial charge in [-0.15, -0.1) is 0 Å². The Kier molecular flexibility index (Phi) is 2.86. The zero-order valence-corrected chi connectivity index (χ0v) is 9.46. The Balaban J connectivity index is 3.33. The number of halogens is 2. The first-order valence-corrected chi connectivity index (χ1v) is 4.78. The van der Waals surface area contributed by atoms with Crippen molar-refractivity contribution in [2.75, 3.05) is 0 Å². The van der Waals surface area contributed by atoms with Gasteiger partial charge in [-0.05, 0) is 42.5 Å². The number of pyridine rings is 1. The largest absolute Gasteiger partial charge is 0.256 e. The molecule has 68 valence electrons. The molecular formula is C9H8FIN2. The summed E-state index contributed by atoms with van der Waals surface area (Å²) in [5, 5.41) is 8.80. The third kappa shape index (κ3) is 1.97. The molecule has 0 aromatic carbocycles. The van der Waals surface area contributed by atoms with Gasteiger partial charge in [0.1, 0.15) is 0 Å². The molecule has 0 N–H and O–H groups in total. The Morgan fingerprint density at radius 2 is 2.23 bits per heavy atom. The Morgan fingerprint density at radius 1 is 1.62 bits per heavy atom. The predicted molar refractivity (Wildman–Crippen MR) is 55.6 cm³/mol. The van der Waals surface area contributed by atoms with Crippen LogP contribution in [0.3, 0.4) is 0 Å². The summed E-state index contributed by atoms with van der Waals surface area (Å²) in [4.78, 5) is 3.88. The van der Waals surface area contributed by atoms with Crippen molar-refractivity contribution in [2.45, 2.75) is 19.3 Å². The van der Waals surface area contributed by atoms with Crippen molar-refractivity contribution in [1.29, 1.82) is 5.26 Å². The fraction of sp³-hybridized carbons (Fsp3) is 0.333. The van der Waals surface area contributed by atoms with E-state index in [0.717, 1.165) is 0 Å². The normalized spacial score (nSPS) is 11.0. The lowest BCUT2D eigenvalue weighted by Gasteiger charge is -2.15. The SMILES string of the molecule is CC(C)(C#N)c1nccc(I)c1F. The van der Waals surface area contributed by atoms with Gasteiger partial charge in [0.25, 0.3) is 0 Å². The van der Waals surface area contributed by atoms with E-state index in [1.54, 1.807) is 19.9 Å². The highest BCUT2D eigenvalue weighted by atomic mass is 127. The fourth-order valence-electron chi connectivity index (χ4n) is 0.909. The molecule has 0 aliphatic rings. The van der Waals surface area contributed by atoms with E-state index >= 15 is 0 Å². The van der Waals surface area contributed by atoms with Crippen LogP contribution in [0.4, 0.5) is 4.39 Å². The van der Waals surface area contributed by atoms with Gasteiger partial charge in [-0.3, -0.25) is 4.98 Å².